The van der Waals surface area contributed by atoms with Crippen LogP contribution in [0, 0.1) is 13.8 Å². The van der Waals surface area contributed by atoms with Crippen LogP contribution in [0.4, 0.5) is 0 Å². The number of rotatable bonds is 7. The summed E-state index contributed by atoms with van der Waals surface area (Å²) in [7, 11) is 1.80. The van der Waals surface area contributed by atoms with Crippen LogP contribution in [0.3, 0.4) is 0 Å². The maximum atomic E-state index is 13.1. The molecule has 0 spiro atoms. The van der Waals surface area contributed by atoms with Crippen molar-refractivity contribution in [3.05, 3.63) is 89.3 Å². The second-order valence-corrected chi connectivity index (χ2v) is 7.64. The van der Waals surface area contributed by atoms with Crippen molar-refractivity contribution in [1.29, 1.82) is 0 Å². The Morgan fingerprint density at radius 3 is 2.62 bits per heavy atom. The highest BCUT2D eigenvalue weighted by Gasteiger charge is 2.20. The van der Waals surface area contributed by atoms with E-state index in [1.165, 1.54) is 6.33 Å². The quantitative estimate of drug-likeness (QED) is 0.434. The topological polar surface area (TPSA) is 86.3 Å². The number of hydrogen-bond acceptors (Lipinski definition) is 6. The van der Waals surface area contributed by atoms with Gasteiger partial charge in [0.25, 0.3) is 5.91 Å². The van der Waals surface area contributed by atoms with Crippen molar-refractivity contribution in [2.45, 2.75) is 33.4 Å². The van der Waals surface area contributed by atoms with Crippen molar-refractivity contribution in [2.24, 2.45) is 0 Å². The molecule has 0 saturated carbocycles. The molecule has 0 aliphatic carbocycles. The monoisotopic (exact) mass is 431 g/mol. The fourth-order valence-corrected chi connectivity index (χ4v) is 3.43. The van der Waals surface area contributed by atoms with Gasteiger partial charge >= 0.3 is 0 Å². The summed E-state index contributed by atoms with van der Waals surface area (Å²) in [5.74, 6) is 1.27. The summed E-state index contributed by atoms with van der Waals surface area (Å²) in [6.45, 7) is 6.07. The number of hydrogen-bond donors (Lipinski definition) is 0. The third-order valence-electron chi connectivity index (χ3n) is 5.61. The Morgan fingerprint density at radius 1 is 1.19 bits per heavy atom. The van der Waals surface area contributed by atoms with Crippen LogP contribution in [0.1, 0.15) is 45.9 Å². The van der Waals surface area contributed by atoms with E-state index < -0.39 is 0 Å². The molecule has 4 rings (SSSR count). The molecular weight excluding hydrogens is 406 g/mol. The maximum absolute atomic E-state index is 13.1. The molecule has 0 saturated heterocycles. The molecule has 4 aromatic rings. The zero-order chi connectivity index (χ0) is 22.7. The standard InChI is InChI=1S/C24H25N5O3/c1-16-23(18(3)32-27-16)13-31-22-7-5-6-20(12-22)24(30)28(4)17(2)19-8-10-21(11-9-19)29-15-25-14-26-29/h5-12,14-15,17H,13H2,1-4H3/t17-/m1/s1. The number of benzene rings is 2. The lowest BCUT2D eigenvalue weighted by Gasteiger charge is -2.26. The smallest absolute Gasteiger partial charge is 0.254 e. The minimum atomic E-state index is -0.112. The van der Waals surface area contributed by atoms with Gasteiger partial charge in [0, 0.05) is 12.6 Å². The fourth-order valence-electron chi connectivity index (χ4n) is 3.43. The molecule has 1 atom stereocenters. The number of carbonyl (C=O) groups excluding carboxylic acids is 1. The summed E-state index contributed by atoms with van der Waals surface area (Å²) >= 11 is 0. The molecular formula is C24H25N5O3. The third kappa shape index (κ3) is 4.39. The van der Waals surface area contributed by atoms with Crippen molar-refractivity contribution in [3.63, 3.8) is 0 Å². The van der Waals surface area contributed by atoms with Gasteiger partial charge in [0.2, 0.25) is 0 Å². The van der Waals surface area contributed by atoms with Gasteiger partial charge in [-0.25, -0.2) is 9.67 Å². The molecule has 0 bridgehead atoms. The lowest BCUT2D eigenvalue weighted by atomic mass is 10.1. The zero-order valence-electron chi connectivity index (χ0n) is 18.5. The second-order valence-electron chi connectivity index (χ2n) is 7.64. The summed E-state index contributed by atoms with van der Waals surface area (Å²) in [4.78, 5) is 18.8. The van der Waals surface area contributed by atoms with E-state index in [1.54, 1.807) is 35.1 Å². The van der Waals surface area contributed by atoms with Gasteiger partial charge in [-0.3, -0.25) is 4.79 Å². The molecule has 1 amide bonds. The lowest BCUT2D eigenvalue weighted by Crippen LogP contribution is -2.29. The first-order valence-corrected chi connectivity index (χ1v) is 10.3. The number of aryl methyl sites for hydroxylation is 2. The zero-order valence-corrected chi connectivity index (χ0v) is 18.5. The van der Waals surface area contributed by atoms with Crippen molar-refractivity contribution < 1.29 is 14.1 Å². The van der Waals surface area contributed by atoms with E-state index >= 15 is 0 Å². The Labute approximate surface area is 186 Å². The van der Waals surface area contributed by atoms with Crippen molar-refractivity contribution >= 4 is 5.91 Å². The molecule has 0 aliphatic rings. The molecule has 8 heteroatoms. The first kappa shape index (κ1) is 21.3. The lowest BCUT2D eigenvalue weighted by molar-refractivity contribution is 0.0742. The van der Waals surface area contributed by atoms with Crippen molar-refractivity contribution in [3.8, 4) is 11.4 Å². The summed E-state index contributed by atoms with van der Waals surface area (Å²) in [6.07, 6.45) is 3.14. The number of aromatic nitrogens is 4. The van der Waals surface area contributed by atoms with Crippen molar-refractivity contribution in [2.75, 3.05) is 7.05 Å². The van der Waals surface area contributed by atoms with E-state index in [-0.39, 0.29) is 11.9 Å². The molecule has 0 N–H and O–H groups in total. The average Bonchev–Trinajstić information content (AvgIpc) is 3.47. The molecule has 0 fully saturated rings. The van der Waals surface area contributed by atoms with Gasteiger partial charge in [0.15, 0.2) is 0 Å². The fraction of sp³-hybridized carbons (Fsp3) is 0.250. The highest BCUT2D eigenvalue weighted by Crippen LogP contribution is 2.24. The first-order chi connectivity index (χ1) is 15.4. The van der Waals surface area contributed by atoms with Crippen molar-refractivity contribution in [1.82, 2.24) is 24.8 Å². The Kier molecular flexibility index (Phi) is 6.02. The predicted octanol–water partition coefficient (Wildman–Crippen LogP) is 4.28. The summed E-state index contributed by atoms with van der Waals surface area (Å²) in [5, 5.41) is 8.08. The Balaban J connectivity index is 1.44. The molecule has 32 heavy (non-hydrogen) atoms. The molecule has 164 valence electrons. The summed E-state index contributed by atoms with van der Waals surface area (Å²) in [6, 6.07) is 15.0. The van der Waals surface area contributed by atoms with E-state index in [0.29, 0.717) is 17.9 Å². The molecule has 2 heterocycles. The van der Waals surface area contributed by atoms with E-state index in [0.717, 1.165) is 28.3 Å². The van der Waals surface area contributed by atoms with Gasteiger partial charge in [-0.2, -0.15) is 5.10 Å². The normalized spacial score (nSPS) is 11.9. The van der Waals surface area contributed by atoms with Gasteiger partial charge in [-0.1, -0.05) is 23.4 Å². The summed E-state index contributed by atoms with van der Waals surface area (Å²) in [5.41, 5.74) is 4.22. The second kappa shape index (κ2) is 9.05. The van der Waals surface area contributed by atoms with Crippen LogP contribution >= 0.6 is 0 Å². The maximum Gasteiger partial charge on any atom is 0.254 e. The number of carbonyl (C=O) groups is 1. The van der Waals surface area contributed by atoms with Crippen LogP contribution in [-0.2, 0) is 6.61 Å². The summed E-state index contributed by atoms with van der Waals surface area (Å²) < 4.78 is 12.8. The Morgan fingerprint density at radius 2 is 1.97 bits per heavy atom. The molecule has 0 unspecified atom stereocenters. The Bertz CT molecular complexity index is 1180. The van der Waals surface area contributed by atoms with E-state index in [1.807, 2.05) is 57.2 Å². The predicted molar refractivity (Wildman–Crippen MR) is 119 cm³/mol. The SMILES string of the molecule is Cc1noc(C)c1COc1cccc(C(=O)N(C)[C@H](C)c2ccc(-n3cncn3)cc2)c1. The first-order valence-electron chi connectivity index (χ1n) is 10.3. The molecule has 2 aromatic heterocycles. The van der Waals surface area contributed by atoms with Crippen LogP contribution in [0.25, 0.3) is 5.69 Å². The highest BCUT2D eigenvalue weighted by atomic mass is 16.5. The van der Waals surface area contributed by atoms with Gasteiger partial charge in [0.05, 0.1) is 23.0 Å². The molecule has 8 nitrogen and oxygen atoms in total. The third-order valence-corrected chi connectivity index (χ3v) is 5.61. The minimum Gasteiger partial charge on any atom is -0.489 e. The van der Waals surface area contributed by atoms with E-state index in [2.05, 4.69) is 15.2 Å². The van der Waals surface area contributed by atoms with Gasteiger partial charge in [-0.15, -0.1) is 0 Å². The van der Waals surface area contributed by atoms with Crippen LogP contribution in [0.2, 0.25) is 0 Å². The van der Waals surface area contributed by atoms with Gasteiger partial charge < -0.3 is 14.2 Å². The van der Waals surface area contributed by atoms with Crippen LogP contribution in [0.15, 0.2) is 65.7 Å². The largest absolute Gasteiger partial charge is 0.489 e. The number of ether oxygens (including phenoxy) is 1. The van der Waals surface area contributed by atoms with E-state index in [4.69, 9.17) is 9.26 Å². The number of amides is 1. The van der Waals surface area contributed by atoms with Crippen LogP contribution in [-0.4, -0.2) is 37.8 Å². The van der Waals surface area contributed by atoms with Gasteiger partial charge in [-0.05, 0) is 56.7 Å². The minimum absolute atomic E-state index is 0.0827. The van der Waals surface area contributed by atoms with Gasteiger partial charge in [0.1, 0.15) is 30.8 Å². The van der Waals surface area contributed by atoms with Crippen LogP contribution < -0.4 is 4.74 Å². The molecule has 2 aromatic carbocycles. The van der Waals surface area contributed by atoms with Crippen LogP contribution in [0.5, 0.6) is 5.75 Å². The average molecular weight is 431 g/mol. The molecule has 0 radical (unpaired) electrons. The Hall–Kier alpha value is -3.94. The number of nitrogens with zero attached hydrogens (tertiary/aromatic N) is 5. The molecule has 0 aliphatic heterocycles. The van der Waals surface area contributed by atoms with E-state index in [9.17, 15) is 4.79 Å². The highest BCUT2D eigenvalue weighted by molar-refractivity contribution is 5.94.